The molecule has 0 amide bonds. The van der Waals surface area contributed by atoms with Gasteiger partial charge >= 0.3 is 0 Å². The van der Waals surface area contributed by atoms with Gasteiger partial charge in [-0.05, 0) is 32.4 Å². The Bertz CT molecular complexity index is 419. The first kappa shape index (κ1) is 16.5. The van der Waals surface area contributed by atoms with Crippen LogP contribution in [0.25, 0.3) is 6.08 Å². The third kappa shape index (κ3) is 5.21. The summed E-state index contributed by atoms with van der Waals surface area (Å²) in [5.41, 5.74) is 9.20. The molecule has 102 valence electrons. The maximum Gasteiger partial charge on any atom is 0.149 e. The van der Waals surface area contributed by atoms with E-state index in [1.807, 2.05) is 19.9 Å². The maximum atomic E-state index is 5.85. The van der Waals surface area contributed by atoms with Gasteiger partial charge in [0.25, 0.3) is 0 Å². The van der Waals surface area contributed by atoms with Crippen molar-refractivity contribution < 1.29 is 0 Å². The van der Waals surface area contributed by atoms with Crippen LogP contribution >= 0.6 is 0 Å². The Hall–Kier alpha value is -1.51. The number of H-pyrrole nitrogens is 1. The van der Waals surface area contributed by atoms with Crippen LogP contribution in [0.1, 0.15) is 65.9 Å². The Morgan fingerprint density at radius 3 is 2.17 bits per heavy atom. The summed E-state index contributed by atoms with van der Waals surface area (Å²) in [5.74, 6) is 1.88. The molecule has 0 spiro atoms. The van der Waals surface area contributed by atoms with Gasteiger partial charge in [-0.1, -0.05) is 39.3 Å². The van der Waals surface area contributed by atoms with E-state index in [1.165, 1.54) is 11.1 Å². The predicted octanol–water partition coefficient (Wildman–Crippen LogP) is 4.51. The second-order valence-electron chi connectivity index (χ2n) is 4.69. The standard InChI is InChI=1S/C13H21N3.C2H6/c1-8(2)6-10(5)7-11-12(14)16-13(15-11)9(3)4;1-2/h6-7,9H,14H2,1-5H3,(H,15,16);1-2H3/b10-7-;. The van der Waals surface area contributed by atoms with Crippen molar-refractivity contribution in [2.75, 3.05) is 5.73 Å². The minimum atomic E-state index is 0.369. The highest BCUT2D eigenvalue weighted by Gasteiger charge is 2.07. The summed E-state index contributed by atoms with van der Waals surface area (Å²) < 4.78 is 0. The summed E-state index contributed by atoms with van der Waals surface area (Å²) in [6.45, 7) is 14.4. The lowest BCUT2D eigenvalue weighted by atomic mass is 10.2. The minimum Gasteiger partial charge on any atom is -0.382 e. The summed E-state index contributed by atoms with van der Waals surface area (Å²) in [6.07, 6.45) is 4.15. The Morgan fingerprint density at radius 1 is 1.22 bits per heavy atom. The molecule has 0 saturated heterocycles. The topological polar surface area (TPSA) is 54.7 Å². The van der Waals surface area contributed by atoms with Crippen molar-refractivity contribution in [2.24, 2.45) is 0 Å². The van der Waals surface area contributed by atoms with E-state index in [0.29, 0.717) is 11.7 Å². The van der Waals surface area contributed by atoms with Crippen LogP contribution in [0.3, 0.4) is 0 Å². The minimum absolute atomic E-state index is 0.369. The predicted molar refractivity (Wildman–Crippen MR) is 81.5 cm³/mol. The molecule has 0 saturated carbocycles. The monoisotopic (exact) mass is 249 g/mol. The average molecular weight is 249 g/mol. The average Bonchev–Trinajstić information content (AvgIpc) is 2.62. The fourth-order valence-corrected chi connectivity index (χ4v) is 1.53. The number of nitrogen functional groups attached to an aromatic ring is 1. The smallest absolute Gasteiger partial charge is 0.149 e. The van der Waals surface area contributed by atoms with E-state index in [-0.39, 0.29) is 0 Å². The second kappa shape index (κ2) is 7.75. The van der Waals surface area contributed by atoms with E-state index in [2.05, 4.69) is 50.7 Å². The highest BCUT2D eigenvalue weighted by atomic mass is 15.0. The number of aromatic amines is 1. The van der Waals surface area contributed by atoms with Crippen LogP contribution in [0.15, 0.2) is 17.2 Å². The van der Waals surface area contributed by atoms with Crippen LogP contribution in [-0.2, 0) is 0 Å². The van der Waals surface area contributed by atoms with E-state index in [1.54, 1.807) is 0 Å². The number of anilines is 1. The van der Waals surface area contributed by atoms with Crippen LogP contribution in [0, 0.1) is 0 Å². The highest BCUT2D eigenvalue weighted by molar-refractivity contribution is 5.61. The number of allylic oxidation sites excluding steroid dienone is 3. The quantitative estimate of drug-likeness (QED) is 0.774. The molecule has 0 aliphatic heterocycles. The molecule has 3 nitrogen and oxygen atoms in total. The summed E-state index contributed by atoms with van der Waals surface area (Å²) >= 11 is 0. The zero-order chi connectivity index (χ0) is 14.3. The number of aromatic nitrogens is 2. The lowest BCUT2D eigenvalue weighted by Crippen LogP contribution is -1.90. The van der Waals surface area contributed by atoms with Crippen molar-refractivity contribution in [1.29, 1.82) is 0 Å². The van der Waals surface area contributed by atoms with Crippen LogP contribution in [-0.4, -0.2) is 9.97 Å². The highest BCUT2D eigenvalue weighted by Crippen LogP contribution is 2.18. The first-order chi connectivity index (χ1) is 8.40. The van der Waals surface area contributed by atoms with Crippen LogP contribution in [0.2, 0.25) is 0 Å². The summed E-state index contributed by atoms with van der Waals surface area (Å²) in [6, 6.07) is 0. The van der Waals surface area contributed by atoms with E-state index in [9.17, 15) is 0 Å². The first-order valence-electron chi connectivity index (χ1n) is 6.58. The Balaban J connectivity index is 0.00000137. The van der Waals surface area contributed by atoms with Gasteiger partial charge in [0.2, 0.25) is 0 Å². The van der Waals surface area contributed by atoms with E-state index >= 15 is 0 Å². The van der Waals surface area contributed by atoms with Gasteiger partial charge in [0.05, 0.1) is 5.69 Å². The lowest BCUT2D eigenvalue weighted by Gasteiger charge is -1.97. The summed E-state index contributed by atoms with van der Waals surface area (Å²) in [5, 5.41) is 0. The van der Waals surface area contributed by atoms with Gasteiger partial charge in [-0.2, -0.15) is 0 Å². The van der Waals surface area contributed by atoms with Crippen LogP contribution in [0.5, 0.6) is 0 Å². The normalized spacial score (nSPS) is 11.0. The number of hydrogen-bond acceptors (Lipinski definition) is 2. The SMILES string of the molecule is CC.CC(C)=C/C(C)=C\c1[nH]c(C(C)C)nc1N. The Labute approximate surface area is 111 Å². The molecule has 0 unspecified atom stereocenters. The second-order valence-corrected chi connectivity index (χ2v) is 4.69. The number of hydrogen-bond donors (Lipinski definition) is 2. The van der Waals surface area contributed by atoms with Gasteiger partial charge in [0, 0.05) is 5.92 Å². The molecule has 0 bridgehead atoms. The van der Waals surface area contributed by atoms with E-state index in [0.717, 1.165) is 11.5 Å². The molecule has 0 aliphatic rings. The van der Waals surface area contributed by atoms with E-state index in [4.69, 9.17) is 5.73 Å². The molecule has 0 fully saturated rings. The molecule has 3 heteroatoms. The summed E-state index contributed by atoms with van der Waals surface area (Å²) in [4.78, 5) is 7.54. The van der Waals surface area contributed by atoms with Gasteiger partial charge in [-0.15, -0.1) is 0 Å². The van der Waals surface area contributed by atoms with Crippen LogP contribution in [0.4, 0.5) is 5.82 Å². The molecule has 1 heterocycles. The lowest BCUT2D eigenvalue weighted by molar-refractivity contribution is 0.794. The van der Waals surface area contributed by atoms with Gasteiger partial charge in [-0.3, -0.25) is 0 Å². The molecule has 0 atom stereocenters. The van der Waals surface area contributed by atoms with Gasteiger partial charge < -0.3 is 10.7 Å². The third-order valence-electron chi connectivity index (χ3n) is 2.21. The fourth-order valence-electron chi connectivity index (χ4n) is 1.53. The van der Waals surface area contributed by atoms with Gasteiger partial charge in [0.15, 0.2) is 0 Å². The number of nitrogens with two attached hydrogens (primary N) is 1. The first-order valence-corrected chi connectivity index (χ1v) is 6.58. The van der Waals surface area contributed by atoms with Crippen molar-refractivity contribution in [1.82, 2.24) is 9.97 Å². The summed E-state index contributed by atoms with van der Waals surface area (Å²) in [7, 11) is 0. The molecule has 1 aromatic heterocycles. The number of imidazole rings is 1. The molecule has 1 rings (SSSR count). The van der Waals surface area contributed by atoms with Crippen molar-refractivity contribution in [3.63, 3.8) is 0 Å². The molecular formula is C15H27N3. The molecule has 0 aliphatic carbocycles. The van der Waals surface area contributed by atoms with Crippen molar-refractivity contribution in [3.8, 4) is 0 Å². The molecule has 0 radical (unpaired) electrons. The van der Waals surface area contributed by atoms with Crippen molar-refractivity contribution >= 4 is 11.9 Å². The van der Waals surface area contributed by atoms with E-state index < -0.39 is 0 Å². The zero-order valence-corrected chi connectivity index (χ0v) is 12.8. The van der Waals surface area contributed by atoms with Crippen LogP contribution < -0.4 is 5.73 Å². The van der Waals surface area contributed by atoms with Gasteiger partial charge in [0.1, 0.15) is 11.6 Å². The largest absolute Gasteiger partial charge is 0.382 e. The molecular weight excluding hydrogens is 222 g/mol. The van der Waals surface area contributed by atoms with Gasteiger partial charge in [-0.25, -0.2) is 4.98 Å². The molecule has 3 N–H and O–H groups in total. The maximum absolute atomic E-state index is 5.85. The van der Waals surface area contributed by atoms with Crippen molar-refractivity contribution in [2.45, 2.75) is 54.4 Å². The Kier molecular flexibility index (Phi) is 7.10. The Morgan fingerprint density at radius 2 is 1.78 bits per heavy atom. The molecule has 1 aromatic rings. The fraction of sp³-hybridized carbons (Fsp3) is 0.533. The number of nitrogens with zero attached hydrogens (tertiary/aromatic N) is 1. The molecule has 18 heavy (non-hydrogen) atoms. The molecule has 0 aromatic carbocycles. The van der Waals surface area contributed by atoms with Crippen molar-refractivity contribution in [3.05, 3.63) is 28.7 Å². The zero-order valence-electron chi connectivity index (χ0n) is 12.8. The number of nitrogens with one attached hydrogen (secondary N) is 1. The third-order valence-corrected chi connectivity index (χ3v) is 2.21. The number of rotatable bonds is 3.